The molecule has 0 atom stereocenters. The van der Waals surface area contributed by atoms with Crippen LogP contribution in [0.15, 0.2) is 194 Å². The highest BCUT2D eigenvalue weighted by atomic mass is 32.1. The molecule has 1 spiro atoms. The summed E-state index contributed by atoms with van der Waals surface area (Å²) >= 11 is 2.00. The molecule has 10 aromatic rings. The summed E-state index contributed by atoms with van der Waals surface area (Å²) in [4.78, 5) is 5.19. The second-order valence-corrected chi connectivity index (χ2v) is 25.1. The van der Waals surface area contributed by atoms with E-state index in [1.165, 1.54) is 132 Å². The van der Waals surface area contributed by atoms with Crippen molar-refractivity contribution in [1.29, 1.82) is 0 Å². The second-order valence-electron chi connectivity index (χ2n) is 24.0. The number of hydrogen-bond acceptors (Lipinski definition) is 3. The molecule has 0 amide bonds. The lowest BCUT2D eigenvalue weighted by molar-refractivity contribution is 0.572. The first-order valence-electron chi connectivity index (χ1n) is 26.2. The minimum atomic E-state index is -0.417. The van der Waals surface area contributed by atoms with Gasteiger partial charge in [-0.15, -0.1) is 11.3 Å². The van der Waals surface area contributed by atoms with Gasteiger partial charge in [0.15, 0.2) is 0 Å². The molecule has 0 radical (unpaired) electrons. The van der Waals surface area contributed by atoms with Crippen molar-refractivity contribution in [2.75, 3.05) is 9.80 Å². The van der Waals surface area contributed by atoms with Gasteiger partial charge in [0.1, 0.15) is 0 Å². The number of para-hydroxylation sites is 1. The molecule has 14 rings (SSSR count). The Bertz CT molecular complexity index is 3850. The Hall–Kier alpha value is -7.40. The molecule has 9 aromatic carbocycles. The highest BCUT2D eigenvalue weighted by Crippen LogP contribution is 2.64. The summed E-state index contributed by atoms with van der Waals surface area (Å²) in [5.74, 6) is 0. The maximum Gasteiger partial charge on any atom is 0.264 e. The van der Waals surface area contributed by atoms with Crippen molar-refractivity contribution in [2.45, 2.75) is 84.0 Å². The Balaban J connectivity index is 1.07. The van der Waals surface area contributed by atoms with Crippen LogP contribution in [0.4, 0.5) is 34.1 Å². The van der Waals surface area contributed by atoms with E-state index >= 15 is 0 Å². The third-order valence-electron chi connectivity index (χ3n) is 16.7. The van der Waals surface area contributed by atoms with Crippen molar-refractivity contribution in [2.24, 2.45) is 0 Å². The molecule has 4 heteroatoms. The number of fused-ring (bicyclic) bond motifs is 16. The zero-order valence-electron chi connectivity index (χ0n) is 43.4. The molecule has 2 aliphatic carbocycles. The molecule has 0 fully saturated rings. The number of hydrogen-bond donors (Lipinski definition) is 0. The van der Waals surface area contributed by atoms with E-state index in [9.17, 15) is 0 Å². The van der Waals surface area contributed by atoms with Crippen LogP contribution >= 0.6 is 11.3 Å². The van der Waals surface area contributed by atoms with Crippen molar-refractivity contribution in [1.82, 2.24) is 0 Å². The second kappa shape index (κ2) is 15.3. The van der Waals surface area contributed by atoms with Crippen LogP contribution < -0.4 is 25.5 Å². The van der Waals surface area contributed by atoms with Crippen LogP contribution in [-0.2, 0) is 21.7 Å². The highest BCUT2D eigenvalue weighted by molar-refractivity contribution is 7.33. The first-order valence-corrected chi connectivity index (χ1v) is 27.0. The van der Waals surface area contributed by atoms with Crippen LogP contribution in [0.5, 0.6) is 0 Å². The Labute approximate surface area is 435 Å². The normalized spacial score (nSPS) is 14.7. The summed E-state index contributed by atoms with van der Waals surface area (Å²) in [5, 5.41) is 1.30. The Morgan fingerprint density at radius 3 is 1.55 bits per heavy atom. The van der Waals surface area contributed by atoms with E-state index in [0.717, 1.165) is 0 Å². The lowest BCUT2D eigenvalue weighted by atomic mass is 9.36. The third kappa shape index (κ3) is 6.17. The molecule has 0 bridgehead atoms. The van der Waals surface area contributed by atoms with Gasteiger partial charge in [-0.1, -0.05) is 202 Å². The number of rotatable bonds is 3. The molecule has 0 N–H and O–H groups in total. The maximum atomic E-state index is 2.61. The fourth-order valence-corrected chi connectivity index (χ4v) is 14.8. The first kappa shape index (κ1) is 44.3. The Morgan fingerprint density at radius 2 is 0.959 bits per heavy atom. The van der Waals surface area contributed by atoms with Crippen molar-refractivity contribution in [3.63, 3.8) is 0 Å². The molecule has 0 saturated carbocycles. The SMILES string of the molecule is CC(C)(C)c1ccc(N2c3cc(-c4c(C(C)(C)C)cccc4C(C)(C)C)ccc3B3c4sc5cc6c(cc5c4N(c4ccccc4)c4cccc2c43)-c2ccccc2C62c3ccccc3-c3ccccc32)cc1. The van der Waals surface area contributed by atoms with Crippen molar-refractivity contribution >= 4 is 78.0 Å². The minimum Gasteiger partial charge on any atom is -0.311 e. The number of nitrogens with zero attached hydrogens (tertiary/aromatic N) is 2. The fraction of sp³-hybridized carbons (Fsp3) is 0.188. The van der Waals surface area contributed by atoms with Gasteiger partial charge in [0.2, 0.25) is 0 Å². The molecule has 1 aromatic heterocycles. The van der Waals surface area contributed by atoms with Crippen LogP contribution in [0.25, 0.3) is 43.5 Å². The molecule has 73 heavy (non-hydrogen) atoms. The zero-order valence-corrected chi connectivity index (χ0v) is 44.2. The van der Waals surface area contributed by atoms with E-state index in [4.69, 9.17) is 0 Å². The van der Waals surface area contributed by atoms with Crippen molar-refractivity contribution in [3.8, 4) is 33.4 Å². The van der Waals surface area contributed by atoms with Crippen LogP contribution in [0.3, 0.4) is 0 Å². The monoisotopic (exact) mass is 958 g/mol. The first-order chi connectivity index (χ1) is 35.1. The molecule has 354 valence electrons. The molecule has 4 aliphatic rings. The number of benzene rings is 9. The summed E-state index contributed by atoms with van der Waals surface area (Å²) in [6.07, 6.45) is 0. The third-order valence-corrected chi connectivity index (χ3v) is 17.9. The Kier molecular flexibility index (Phi) is 9.30. The Morgan fingerprint density at radius 1 is 0.425 bits per heavy atom. The minimum absolute atomic E-state index is 0.00308. The summed E-state index contributed by atoms with van der Waals surface area (Å²) in [5.41, 5.74) is 27.0. The topological polar surface area (TPSA) is 6.48 Å². The van der Waals surface area contributed by atoms with Gasteiger partial charge in [0, 0.05) is 43.3 Å². The van der Waals surface area contributed by atoms with Gasteiger partial charge in [-0.25, -0.2) is 0 Å². The standard InChI is InChI=1S/C69H59BN2S/c1-66(2,3)43-34-36-45(37-35-43)71-58-31-20-32-59-63(58)70(57-38-33-42(39-60(57)71)62-54(67(4,5)6)29-19-30-55(62)68(7,8)9)65-64(72(59)44-21-11-10-12-22-44)50-40-49-48-25-15-18-28-53(48)69(56(49)41-61(50)73-65)51-26-16-13-23-46(51)47-24-14-17-27-52(47)69/h10-41H,1-9H3. The van der Waals surface area contributed by atoms with Crippen LogP contribution in [0, 0.1) is 0 Å². The summed E-state index contributed by atoms with van der Waals surface area (Å²) in [6, 6.07) is 74.8. The fourth-order valence-electron chi connectivity index (χ4n) is 13.5. The quantitative estimate of drug-likeness (QED) is 0.163. The molecule has 0 saturated heterocycles. The summed E-state index contributed by atoms with van der Waals surface area (Å²) in [7, 11) is 0. The molecule has 2 nitrogen and oxygen atoms in total. The van der Waals surface area contributed by atoms with E-state index in [0.29, 0.717) is 0 Å². The van der Waals surface area contributed by atoms with Gasteiger partial charge in [-0.05, 0) is 154 Å². The van der Waals surface area contributed by atoms with Gasteiger partial charge in [-0.2, -0.15) is 0 Å². The van der Waals surface area contributed by atoms with Gasteiger partial charge in [-0.3, -0.25) is 0 Å². The van der Waals surface area contributed by atoms with E-state index in [-0.39, 0.29) is 23.0 Å². The predicted octanol–water partition coefficient (Wildman–Crippen LogP) is 16.9. The summed E-state index contributed by atoms with van der Waals surface area (Å²) in [6.45, 7) is 21.1. The van der Waals surface area contributed by atoms with Gasteiger partial charge in [0.05, 0.1) is 11.1 Å². The van der Waals surface area contributed by atoms with E-state index in [1.54, 1.807) is 0 Å². The average molecular weight is 959 g/mol. The van der Waals surface area contributed by atoms with Crippen molar-refractivity contribution in [3.05, 3.63) is 233 Å². The van der Waals surface area contributed by atoms with Gasteiger partial charge < -0.3 is 9.80 Å². The molecule has 0 unspecified atom stereocenters. The van der Waals surface area contributed by atoms with E-state index in [1.807, 2.05) is 11.3 Å². The summed E-state index contributed by atoms with van der Waals surface area (Å²) < 4.78 is 2.71. The van der Waals surface area contributed by atoms with E-state index < -0.39 is 5.41 Å². The van der Waals surface area contributed by atoms with E-state index in [2.05, 4.69) is 266 Å². The molecule has 3 heterocycles. The van der Waals surface area contributed by atoms with Gasteiger partial charge in [0.25, 0.3) is 6.71 Å². The maximum absolute atomic E-state index is 2.61. The largest absolute Gasteiger partial charge is 0.311 e. The molecule has 2 aliphatic heterocycles. The van der Waals surface area contributed by atoms with Crippen molar-refractivity contribution < 1.29 is 0 Å². The zero-order chi connectivity index (χ0) is 49.9. The lowest BCUT2D eigenvalue weighted by Crippen LogP contribution is -2.60. The predicted molar refractivity (Wildman–Crippen MR) is 314 cm³/mol. The highest BCUT2D eigenvalue weighted by Gasteiger charge is 2.53. The van der Waals surface area contributed by atoms with Crippen LogP contribution in [0.1, 0.15) is 101 Å². The lowest BCUT2D eigenvalue weighted by Gasteiger charge is -2.43. The average Bonchev–Trinajstić information content (AvgIpc) is 4.03. The smallest absolute Gasteiger partial charge is 0.264 e. The molecular weight excluding hydrogens is 900 g/mol. The number of thiophene rings is 1. The van der Waals surface area contributed by atoms with Crippen LogP contribution in [0.2, 0.25) is 0 Å². The number of anilines is 6. The van der Waals surface area contributed by atoms with Crippen LogP contribution in [-0.4, -0.2) is 6.71 Å². The molecular formula is C69H59BN2S. The van der Waals surface area contributed by atoms with Gasteiger partial charge >= 0.3 is 0 Å².